The molecule has 1 aliphatic rings. The zero-order chi connectivity index (χ0) is 15.3. The van der Waals surface area contributed by atoms with Crippen molar-refractivity contribution in [1.82, 2.24) is 4.90 Å². The van der Waals surface area contributed by atoms with E-state index in [4.69, 9.17) is 5.11 Å². The molecule has 3 nitrogen and oxygen atoms in total. The lowest BCUT2D eigenvalue weighted by Gasteiger charge is -2.39. The molecular formula is C17H33NO2. The second-order valence-electron chi connectivity index (χ2n) is 7.62. The van der Waals surface area contributed by atoms with Crippen LogP contribution in [0, 0.1) is 17.3 Å². The Hall–Kier alpha value is -0.570. The molecule has 3 heteroatoms. The van der Waals surface area contributed by atoms with Gasteiger partial charge in [0.1, 0.15) is 0 Å². The molecule has 0 radical (unpaired) electrons. The van der Waals surface area contributed by atoms with Crippen LogP contribution in [0.4, 0.5) is 0 Å². The number of nitrogens with zero attached hydrogens (tertiary/aromatic N) is 1. The van der Waals surface area contributed by atoms with Crippen LogP contribution in [-0.4, -0.2) is 35.1 Å². The molecule has 0 aromatic rings. The van der Waals surface area contributed by atoms with Gasteiger partial charge < -0.3 is 10.0 Å². The van der Waals surface area contributed by atoms with Crippen molar-refractivity contribution in [3.05, 3.63) is 0 Å². The summed E-state index contributed by atoms with van der Waals surface area (Å²) in [5.41, 5.74) is 0.437. The van der Waals surface area contributed by atoms with Crippen molar-refractivity contribution in [2.45, 2.75) is 72.8 Å². The van der Waals surface area contributed by atoms with E-state index in [2.05, 4.69) is 32.6 Å². The number of rotatable bonds is 6. The first-order valence-corrected chi connectivity index (χ1v) is 8.19. The minimum absolute atomic E-state index is 0.151. The average Bonchev–Trinajstić information content (AvgIpc) is 2.34. The Balaban J connectivity index is 2.43. The van der Waals surface area contributed by atoms with Crippen molar-refractivity contribution in [1.29, 1.82) is 0 Å². The van der Waals surface area contributed by atoms with Gasteiger partial charge >= 0.3 is 5.97 Å². The van der Waals surface area contributed by atoms with Crippen molar-refractivity contribution in [2.75, 3.05) is 13.1 Å². The van der Waals surface area contributed by atoms with Crippen molar-refractivity contribution in [2.24, 2.45) is 17.3 Å². The Morgan fingerprint density at radius 2 is 1.80 bits per heavy atom. The van der Waals surface area contributed by atoms with Gasteiger partial charge in [-0.15, -0.1) is 0 Å². The average molecular weight is 283 g/mol. The van der Waals surface area contributed by atoms with E-state index in [9.17, 15) is 4.79 Å². The lowest BCUT2D eigenvalue weighted by atomic mass is 9.70. The van der Waals surface area contributed by atoms with Crippen LogP contribution < -0.4 is 0 Å². The van der Waals surface area contributed by atoms with Gasteiger partial charge in [0, 0.05) is 12.6 Å². The predicted octanol–water partition coefficient (Wildman–Crippen LogP) is 4.02. The van der Waals surface area contributed by atoms with Crippen LogP contribution in [0.15, 0.2) is 0 Å². The molecule has 1 saturated carbocycles. The second kappa shape index (κ2) is 7.44. The number of carboxylic acids is 1. The standard InChI is InChI=1S/C17H33NO2/c1-6-18(13(2)11-16(19)20)12-14-7-9-15(10-8-14)17(3,4)5/h13-15H,6-12H2,1-5H3,(H,19,20). The highest BCUT2D eigenvalue weighted by molar-refractivity contribution is 5.67. The fourth-order valence-electron chi connectivity index (χ4n) is 3.55. The molecule has 1 rings (SSSR count). The summed E-state index contributed by atoms with van der Waals surface area (Å²) < 4.78 is 0. The third-order valence-corrected chi connectivity index (χ3v) is 5.06. The van der Waals surface area contributed by atoms with E-state index < -0.39 is 5.97 Å². The van der Waals surface area contributed by atoms with Gasteiger partial charge in [-0.3, -0.25) is 4.79 Å². The zero-order valence-electron chi connectivity index (χ0n) is 14.0. The first-order valence-electron chi connectivity index (χ1n) is 8.19. The molecule has 1 atom stereocenters. The Labute approximate surface area is 124 Å². The van der Waals surface area contributed by atoms with Crippen LogP contribution in [0.5, 0.6) is 0 Å². The molecule has 0 heterocycles. The molecule has 0 amide bonds. The first-order chi connectivity index (χ1) is 9.24. The van der Waals surface area contributed by atoms with Crippen molar-refractivity contribution in [3.8, 4) is 0 Å². The van der Waals surface area contributed by atoms with Crippen LogP contribution in [-0.2, 0) is 4.79 Å². The fraction of sp³-hybridized carbons (Fsp3) is 0.941. The van der Waals surface area contributed by atoms with Crippen LogP contribution in [0.1, 0.15) is 66.7 Å². The summed E-state index contributed by atoms with van der Waals surface area (Å²) in [6.07, 6.45) is 5.53. The smallest absolute Gasteiger partial charge is 0.304 e. The van der Waals surface area contributed by atoms with E-state index in [0.717, 1.165) is 24.9 Å². The van der Waals surface area contributed by atoms with Crippen LogP contribution in [0.3, 0.4) is 0 Å². The highest BCUT2D eigenvalue weighted by atomic mass is 16.4. The van der Waals surface area contributed by atoms with Gasteiger partial charge in [0.25, 0.3) is 0 Å². The van der Waals surface area contributed by atoms with E-state index in [0.29, 0.717) is 5.41 Å². The van der Waals surface area contributed by atoms with E-state index >= 15 is 0 Å². The Morgan fingerprint density at radius 1 is 1.25 bits per heavy atom. The van der Waals surface area contributed by atoms with Gasteiger partial charge in [-0.05, 0) is 56.4 Å². The van der Waals surface area contributed by atoms with Crippen molar-refractivity contribution < 1.29 is 9.90 Å². The molecule has 0 aliphatic heterocycles. The third-order valence-electron chi connectivity index (χ3n) is 5.06. The Morgan fingerprint density at radius 3 is 2.20 bits per heavy atom. The van der Waals surface area contributed by atoms with Gasteiger partial charge in [0.15, 0.2) is 0 Å². The maximum absolute atomic E-state index is 10.8. The molecule has 0 bridgehead atoms. The number of carbonyl (C=O) groups is 1. The highest BCUT2D eigenvalue weighted by Crippen LogP contribution is 2.40. The zero-order valence-corrected chi connectivity index (χ0v) is 14.0. The van der Waals surface area contributed by atoms with Crippen LogP contribution >= 0.6 is 0 Å². The third kappa shape index (κ3) is 5.43. The first kappa shape index (κ1) is 17.5. The second-order valence-corrected chi connectivity index (χ2v) is 7.62. The van der Waals surface area contributed by atoms with Gasteiger partial charge in [-0.2, -0.15) is 0 Å². The molecule has 0 saturated heterocycles. The van der Waals surface area contributed by atoms with Gasteiger partial charge in [0.2, 0.25) is 0 Å². The van der Waals surface area contributed by atoms with Crippen LogP contribution in [0.2, 0.25) is 0 Å². The normalized spacial score (nSPS) is 25.7. The molecule has 0 spiro atoms. The summed E-state index contributed by atoms with van der Waals surface area (Å²) in [7, 11) is 0. The molecule has 1 unspecified atom stereocenters. The van der Waals surface area contributed by atoms with Gasteiger partial charge in [-0.1, -0.05) is 27.7 Å². The molecular weight excluding hydrogens is 250 g/mol. The van der Waals surface area contributed by atoms with Crippen molar-refractivity contribution in [3.63, 3.8) is 0 Å². The summed E-state index contributed by atoms with van der Waals surface area (Å²) in [5.74, 6) is 0.919. The SMILES string of the molecule is CCN(CC1CCC(C(C)(C)C)CC1)C(C)CC(=O)O. The number of carboxylic acid groups (broad SMARTS) is 1. The molecule has 1 N–H and O–H groups in total. The summed E-state index contributed by atoms with van der Waals surface area (Å²) in [6.45, 7) is 13.3. The topological polar surface area (TPSA) is 40.5 Å². The van der Waals surface area contributed by atoms with Crippen molar-refractivity contribution >= 4 is 5.97 Å². The molecule has 1 aliphatic carbocycles. The van der Waals surface area contributed by atoms with E-state index in [1.165, 1.54) is 25.7 Å². The monoisotopic (exact) mass is 283 g/mol. The maximum Gasteiger partial charge on any atom is 0.304 e. The lowest BCUT2D eigenvalue weighted by molar-refractivity contribution is -0.138. The molecule has 0 aromatic heterocycles. The lowest BCUT2D eigenvalue weighted by Crippen LogP contribution is -2.39. The van der Waals surface area contributed by atoms with E-state index in [1.807, 2.05) is 6.92 Å². The molecule has 118 valence electrons. The van der Waals surface area contributed by atoms with Crippen LogP contribution in [0.25, 0.3) is 0 Å². The number of hydrogen-bond acceptors (Lipinski definition) is 2. The summed E-state index contributed by atoms with van der Waals surface area (Å²) in [6, 6.07) is 0.151. The van der Waals surface area contributed by atoms with E-state index in [-0.39, 0.29) is 12.5 Å². The van der Waals surface area contributed by atoms with E-state index in [1.54, 1.807) is 0 Å². The number of hydrogen-bond donors (Lipinski definition) is 1. The Kier molecular flexibility index (Phi) is 6.50. The summed E-state index contributed by atoms with van der Waals surface area (Å²) in [4.78, 5) is 13.2. The quantitative estimate of drug-likeness (QED) is 0.800. The largest absolute Gasteiger partial charge is 0.481 e. The molecule has 0 aromatic carbocycles. The highest BCUT2D eigenvalue weighted by Gasteiger charge is 2.30. The maximum atomic E-state index is 10.8. The molecule has 20 heavy (non-hydrogen) atoms. The van der Waals surface area contributed by atoms with Gasteiger partial charge in [0.05, 0.1) is 6.42 Å². The summed E-state index contributed by atoms with van der Waals surface area (Å²) >= 11 is 0. The Bertz CT molecular complexity index is 301. The summed E-state index contributed by atoms with van der Waals surface area (Å²) in [5, 5.41) is 8.93. The van der Waals surface area contributed by atoms with Gasteiger partial charge in [-0.25, -0.2) is 0 Å². The predicted molar refractivity (Wildman–Crippen MR) is 83.9 cm³/mol. The minimum Gasteiger partial charge on any atom is -0.481 e. The molecule has 1 fully saturated rings. The minimum atomic E-state index is -0.688. The fourth-order valence-corrected chi connectivity index (χ4v) is 3.55. The number of aliphatic carboxylic acids is 1.